The lowest BCUT2D eigenvalue weighted by molar-refractivity contribution is -0.137. The van der Waals surface area contributed by atoms with Crippen LogP contribution in [0.5, 0.6) is 0 Å². The van der Waals surface area contributed by atoms with Crippen molar-refractivity contribution in [3.05, 3.63) is 0 Å². The van der Waals surface area contributed by atoms with Gasteiger partial charge < -0.3 is 15.8 Å². The normalized spacial score (nSPS) is 18.1. The number of primary amides is 1. The second-order valence-electron chi connectivity index (χ2n) is 4.92. The van der Waals surface area contributed by atoms with Gasteiger partial charge in [-0.15, -0.1) is 0 Å². The van der Waals surface area contributed by atoms with Gasteiger partial charge in [0.2, 0.25) is 0 Å². The Morgan fingerprint density at radius 2 is 1.94 bits per heavy atom. The molecule has 1 aliphatic heterocycles. The molecule has 1 fully saturated rings. The summed E-state index contributed by atoms with van der Waals surface area (Å²) in [5, 5.41) is 2.57. The third kappa shape index (κ3) is 3.48. The van der Waals surface area contributed by atoms with Gasteiger partial charge in [-0.3, -0.25) is 9.59 Å². The molecule has 0 atom stereocenters. The van der Waals surface area contributed by atoms with Crippen LogP contribution in [0.15, 0.2) is 0 Å². The van der Waals surface area contributed by atoms with Gasteiger partial charge in [-0.1, -0.05) is 13.8 Å². The van der Waals surface area contributed by atoms with E-state index >= 15 is 0 Å². The van der Waals surface area contributed by atoms with Crippen LogP contribution in [0.25, 0.3) is 0 Å². The highest BCUT2D eigenvalue weighted by atomic mass is 16.5. The summed E-state index contributed by atoms with van der Waals surface area (Å²) in [6.07, 6.45) is 2.00. The number of nitrogens with two attached hydrogens (primary N) is 1. The van der Waals surface area contributed by atoms with Crippen LogP contribution in [0.3, 0.4) is 0 Å². The first-order chi connectivity index (χ1) is 7.43. The van der Waals surface area contributed by atoms with Crippen molar-refractivity contribution in [1.29, 1.82) is 0 Å². The Morgan fingerprint density at radius 3 is 2.44 bits per heavy atom. The number of nitrogens with one attached hydrogen (secondary N) is 1. The Morgan fingerprint density at radius 1 is 1.38 bits per heavy atom. The van der Waals surface area contributed by atoms with E-state index in [1.165, 1.54) is 0 Å². The largest absolute Gasteiger partial charge is 0.381 e. The number of carbonyl (C=O) groups is 2. The van der Waals surface area contributed by atoms with E-state index in [-0.39, 0.29) is 5.41 Å². The van der Waals surface area contributed by atoms with Gasteiger partial charge in [-0.25, -0.2) is 0 Å². The summed E-state index contributed by atoms with van der Waals surface area (Å²) in [4.78, 5) is 21.6. The molecule has 0 aromatic heterocycles. The van der Waals surface area contributed by atoms with E-state index in [0.29, 0.717) is 12.5 Å². The molecule has 0 aromatic carbocycles. The molecule has 1 aliphatic rings. The minimum atomic E-state index is -0.928. The molecular weight excluding hydrogens is 208 g/mol. The molecule has 1 heterocycles. The first-order valence-electron chi connectivity index (χ1n) is 5.59. The second kappa shape index (κ2) is 5.30. The number of rotatable bonds is 3. The average Bonchev–Trinajstić information content (AvgIpc) is 2.27. The van der Waals surface area contributed by atoms with Crippen molar-refractivity contribution in [3.63, 3.8) is 0 Å². The lowest BCUT2D eigenvalue weighted by Gasteiger charge is -2.36. The van der Waals surface area contributed by atoms with Crippen LogP contribution >= 0.6 is 0 Å². The SMILES string of the molecule is CC(C)(CNC(=O)C(N)=O)C1CCOCC1. The summed E-state index contributed by atoms with van der Waals surface area (Å²) >= 11 is 0. The Hall–Kier alpha value is -1.10. The standard InChI is InChI=1S/C11H20N2O3/c1-11(2,7-13-10(15)9(12)14)8-3-5-16-6-4-8/h8H,3-7H2,1-2H3,(H2,12,14)(H,13,15). The molecule has 16 heavy (non-hydrogen) atoms. The molecule has 1 saturated heterocycles. The molecule has 0 bridgehead atoms. The summed E-state index contributed by atoms with van der Waals surface area (Å²) < 4.78 is 5.30. The second-order valence-corrected chi connectivity index (χ2v) is 4.92. The summed E-state index contributed by atoms with van der Waals surface area (Å²) in [6.45, 7) is 6.20. The maximum atomic E-state index is 11.1. The molecule has 2 amide bonds. The number of hydrogen-bond acceptors (Lipinski definition) is 3. The number of hydrogen-bond donors (Lipinski definition) is 2. The molecule has 0 spiro atoms. The van der Waals surface area contributed by atoms with E-state index in [4.69, 9.17) is 10.5 Å². The van der Waals surface area contributed by atoms with Crippen molar-refractivity contribution in [1.82, 2.24) is 5.32 Å². The van der Waals surface area contributed by atoms with Crippen molar-refractivity contribution >= 4 is 11.8 Å². The molecular formula is C11H20N2O3. The van der Waals surface area contributed by atoms with Gasteiger partial charge in [0.25, 0.3) is 0 Å². The number of ether oxygens (including phenoxy) is 1. The summed E-state index contributed by atoms with van der Waals surface area (Å²) in [7, 11) is 0. The van der Waals surface area contributed by atoms with Crippen molar-refractivity contribution in [2.75, 3.05) is 19.8 Å². The van der Waals surface area contributed by atoms with E-state index in [0.717, 1.165) is 26.1 Å². The van der Waals surface area contributed by atoms with Gasteiger partial charge in [0, 0.05) is 19.8 Å². The monoisotopic (exact) mass is 228 g/mol. The number of carbonyl (C=O) groups excluding carboxylic acids is 2. The van der Waals surface area contributed by atoms with Crippen molar-refractivity contribution < 1.29 is 14.3 Å². The van der Waals surface area contributed by atoms with Gasteiger partial charge in [0.05, 0.1) is 0 Å². The van der Waals surface area contributed by atoms with E-state index in [1.807, 2.05) is 0 Å². The van der Waals surface area contributed by atoms with Crippen LogP contribution in [0.4, 0.5) is 0 Å². The Labute approximate surface area is 95.7 Å². The zero-order valence-corrected chi connectivity index (χ0v) is 9.91. The first kappa shape index (κ1) is 13.0. The van der Waals surface area contributed by atoms with Crippen LogP contribution in [0.1, 0.15) is 26.7 Å². The molecule has 0 radical (unpaired) electrons. The van der Waals surface area contributed by atoms with Crippen molar-refractivity contribution in [2.45, 2.75) is 26.7 Å². The minimum Gasteiger partial charge on any atom is -0.381 e. The predicted octanol–water partition coefficient (Wildman–Crippen LogP) is 0.0407. The molecule has 3 N–H and O–H groups in total. The Balaban J connectivity index is 2.43. The lowest BCUT2D eigenvalue weighted by Crippen LogP contribution is -2.44. The summed E-state index contributed by atoms with van der Waals surface area (Å²) in [5.41, 5.74) is 4.84. The van der Waals surface area contributed by atoms with Crippen molar-refractivity contribution in [3.8, 4) is 0 Å². The molecule has 5 nitrogen and oxygen atoms in total. The molecule has 0 aliphatic carbocycles. The molecule has 1 rings (SSSR count). The average molecular weight is 228 g/mol. The zero-order chi connectivity index (χ0) is 12.2. The van der Waals surface area contributed by atoms with E-state index < -0.39 is 11.8 Å². The highest BCUT2D eigenvalue weighted by Crippen LogP contribution is 2.33. The minimum absolute atomic E-state index is 0.0328. The topological polar surface area (TPSA) is 81.4 Å². The maximum absolute atomic E-state index is 11.1. The highest BCUT2D eigenvalue weighted by Gasteiger charge is 2.31. The third-order valence-corrected chi connectivity index (χ3v) is 3.25. The summed E-state index contributed by atoms with van der Waals surface area (Å²) in [5.74, 6) is -1.13. The summed E-state index contributed by atoms with van der Waals surface area (Å²) in [6, 6.07) is 0. The molecule has 0 saturated carbocycles. The van der Waals surface area contributed by atoms with Crippen molar-refractivity contribution in [2.24, 2.45) is 17.1 Å². The van der Waals surface area contributed by atoms with E-state index in [1.54, 1.807) is 0 Å². The molecule has 0 unspecified atom stereocenters. The Kier molecular flexibility index (Phi) is 4.29. The fourth-order valence-electron chi connectivity index (χ4n) is 2.02. The van der Waals surface area contributed by atoms with Crippen LogP contribution < -0.4 is 11.1 Å². The van der Waals surface area contributed by atoms with Crippen LogP contribution in [-0.2, 0) is 14.3 Å². The Bertz CT molecular complexity index is 270. The maximum Gasteiger partial charge on any atom is 0.309 e. The zero-order valence-electron chi connectivity index (χ0n) is 9.91. The fraction of sp³-hybridized carbons (Fsp3) is 0.818. The quantitative estimate of drug-likeness (QED) is 0.669. The molecule has 0 aromatic rings. The van der Waals surface area contributed by atoms with Gasteiger partial charge >= 0.3 is 11.8 Å². The highest BCUT2D eigenvalue weighted by molar-refractivity contribution is 6.34. The van der Waals surface area contributed by atoms with E-state index in [2.05, 4.69) is 19.2 Å². The van der Waals surface area contributed by atoms with Crippen LogP contribution in [0.2, 0.25) is 0 Å². The van der Waals surface area contributed by atoms with Gasteiger partial charge in [-0.2, -0.15) is 0 Å². The molecule has 5 heteroatoms. The van der Waals surface area contributed by atoms with Gasteiger partial charge in [-0.05, 0) is 24.2 Å². The predicted molar refractivity (Wildman–Crippen MR) is 59.5 cm³/mol. The van der Waals surface area contributed by atoms with Gasteiger partial charge in [0.1, 0.15) is 0 Å². The number of amides is 2. The van der Waals surface area contributed by atoms with E-state index in [9.17, 15) is 9.59 Å². The van der Waals surface area contributed by atoms with Crippen LogP contribution in [-0.4, -0.2) is 31.6 Å². The third-order valence-electron chi connectivity index (χ3n) is 3.25. The lowest BCUT2D eigenvalue weighted by atomic mass is 9.74. The fourth-order valence-corrected chi connectivity index (χ4v) is 2.02. The first-order valence-corrected chi connectivity index (χ1v) is 5.59. The molecule has 92 valence electrons. The smallest absolute Gasteiger partial charge is 0.309 e. The van der Waals surface area contributed by atoms with Crippen LogP contribution in [0, 0.1) is 11.3 Å². The van der Waals surface area contributed by atoms with Gasteiger partial charge in [0.15, 0.2) is 0 Å².